The molecular formula is C19H13N5. The van der Waals surface area contributed by atoms with E-state index < -0.39 is 0 Å². The van der Waals surface area contributed by atoms with Crippen molar-refractivity contribution in [3.63, 3.8) is 0 Å². The highest BCUT2D eigenvalue weighted by molar-refractivity contribution is 6.26. The Bertz CT molecular complexity index is 1090. The fourth-order valence-electron chi connectivity index (χ4n) is 3.41. The summed E-state index contributed by atoms with van der Waals surface area (Å²) >= 11 is 0. The number of nitrogens with two attached hydrogens (primary N) is 1. The number of hydrogen-bond acceptors (Lipinski definition) is 4. The zero-order valence-corrected chi connectivity index (χ0v) is 12.7. The Morgan fingerprint density at radius 3 is 2.50 bits per heavy atom. The summed E-state index contributed by atoms with van der Waals surface area (Å²) in [5.41, 5.74) is 8.01. The number of pyridine rings is 1. The molecule has 0 spiro atoms. The van der Waals surface area contributed by atoms with Crippen molar-refractivity contribution in [2.45, 2.75) is 0 Å². The minimum Gasteiger partial charge on any atom is -0.337 e. The number of rotatable bonds is 1. The Kier molecular flexibility index (Phi) is 2.58. The average Bonchev–Trinajstić information content (AvgIpc) is 3.20. The van der Waals surface area contributed by atoms with Crippen LogP contribution in [0.15, 0.2) is 66.0 Å². The van der Waals surface area contributed by atoms with Gasteiger partial charge in [-0.3, -0.25) is 4.98 Å². The topological polar surface area (TPSA) is 79.9 Å². The minimum absolute atomic E-state index is 0.820. The number of fused-ring (bicyclic) bond motifs is 4. The van der Waals surface area contributed by atoms with Crippen LogP contribution in [0.5, 0.6) is 0 Å². The molecule has 24 heavy (non-hydrogen) atoms. The predicted molar refractivity (Wildman–Crippen MR) is 94.6 cm³/mol. The highest BCUT2D eigenvalue weighted by Gasteiger charge is 2.27. The second kappa shape index (κ2) is 4.76. The lowest BCUT2D eigenvalue weighted by Gasteiger charge is -2.06. The molecule has 0 amide bonds. The lowest BCUT2D eigenvalue weighted by atomic mass is 9.99. The molecule has 0 fully saturated rings. The van der Waals surface area contributed by atoms with Crippen molar-refractivity contribution in [2.75, 3.05) is 0 Å². The van der Waals surface area contributed by atoms with Crippen LogP contribution in [0.4, 0.5) is 0 Å². The van der Waals surface area contributed by atoms with Gasteiger partial charge in [0.15, 0.2) is 0 Å². The third-order valence-electron chi connectivity index (χ3n) is 4.44. The molecule has 0 atom stereocenters. The van der Waals surface area contributed by atoms with E-state index in [2.05, 4.69) is 33.3 Å². The first kappa shape index (κ1) is 13.0. The molecule has 5 rings (SSSR count). The van der Waals surface area contributed by atoms with Crippen LogP contribution in [0, 0.1) is 0 Å². The molecule has 1 aliphatic carbocycles. The van der Waals surface area contributed by atoms with Gasteiger partial charge in [0.25, 0.3) is 0 Å². The van der Waals surface area contributed by atoms with Crippen molar-refractivity contribution < 1.29 is 0 Å². The van der Waals surface area contributed by atoms with E-state index in [1.807, 2.05) is 30.3 Å². The SMILES string of the molecule is N/N=C1/c2ccccc2-c2c1cccc2-c1nc2ccncc2[nH]1. The van der Waals surface area contributed by atoms with E-state index in [-0.39, 0.29) is 0 Å². The van der Waals surface area contributed by atoms with E-state index in [4.69, 9.17) is 10.8 Å². The second-order valence-electron chi connectivity index (χ2n) is 5.73. The largest absolute Gasteiger partial charge is 0.337 e. The fourth-order valence-corrected chi connectivity index (χ4v) is 3.41. The maximum atomic E-state index is 5.67. The smallest absolute Gasteiger partial charge is 0.139 e. The summed E-state index contributed by atoms with van der Waals surface area (Å²) in [6.45, 7) is 0. The third kappa shape index (κ3) is 1.66. The number of nitrogens with one attached hydrogen (secondary N) is 1. The van der Waals surface area contributed by atoms with Crippen LogP contribution in [0.3, 0.4) is 0 Å². The maximum absolute atomic E-state index is 5.67. The van der Waals surface area contributed by atoms with Crippen LogP contribution >= 0.6 is 0 Å². The van der Waals surface area contributed by atoms with Crippen molar-refractivity contribution in [2.24, 2.45) is 10.9 Å². The van der Waals surface area contributed by atoms with Crippen molar-refractivity contribution in [3.8, 4) is 22.5 Å². The van der Waals surface area contributed by atoms with Gasteiger partial charge >= 0.3 is 0 Å². The van der Waals surface area contributed by atoms with Crippen molar-refractivity contribution in [1.82, 2.24) is 15.0 Å². The number of nitrogens with zero attached hydrogens (tertiary/aromatic N) is 3. The molecule has 0 saturated heterocycles. The van der Waals surface area contributed by atoms with Crippen LogP contribution < -0.4 is 5.84 Å². The highest BCUT2D eigenvalue weighted by atomic mass is 15.1. The number of aromatic amines is 1. The van der Waals surface area contributed by atoms with Gasteiger partial charge in [0.1, 0.15) is 5.82 Å². The molecule has 3 N–H and O–H groups in total. The van der Waals surface area contributed by atoms with E-state index >= 15 is 0 Å². The van der Waals surface area contributed by atoms with Crippen LogP contribution in [0.25, 0.3) is 33.5 Å². The molecular weight excluding hydrogens is 298 g/mol. The lowest BCUT2D eigenvalue weighted by Crippen LogP contribution is -2.01. The van der Waals surface area contributed by atoms with Gasteiger partial charge in [-0.15, -0.1) is 0 Å². The summed E-state index contributed by atoms with van der Waals surface area (Å²) in [6, 6.07) is 16.2. The summed E-state index contributed by atoms with van der Waals surface area (Å²) in [6.07, 6.45) is 3.53. The van der Waals surface area contributed by atoms with Gasteiger partial charge in [0, 0.05) is 28.5 Å². The summed E-state index contributed by atoms with van der Waals surface area (Å²) in [7, 11) is 0. The van der Waals surface area contributed by atoms with Crippen molar-refractivity contribution in [3.05, 3.63) is 72.1 Å². The van der Waals surface area contributed by atoms with Gasteiger partial charge in [-0.25, -0.2) is 4.98 Å². The number of imidazole rings is 1. The van der Waals surface area contributed by atoms with Crippen LogP contribution in [0.1, 0.15) is 11.1 Å². The quantitative estimate of drug-likeness (QED) is 0.368. The Balaban J connectivity index is 1.84. The molecule has 0 unspecified atom stereocenters. The summed E-state index contributed by atoms with van der Waals surface area (Å²) < 4.78 is 0. The molecule has 0 bridgehead atoms. The summed E-state index contributed by atoms with van der Waals surface area (Å²) in [5.74, 6) is 6.49. The zero-order chi connectivity index (χ0) is 16.1. The van der Waals surface area contributed by atoms with Gasteiger partial charge < -0.3 is 10.8 Å². The molecule has 0 aliphatic heterocycles. The number of hydrazone groups is 1. The number of hydrogen-bond donors (Lipinski definition) is 2. The molecule has 2 aromatic heterocycles. The third-order valence-corrected chi connectivity index (χ3v) is 4.44. The Morgan fingerprint density at radius 2 is 1.67 bits per heavy atom. The Morgan fingerprint density at radius 1 is 0.875 bits per heavy atom. The van der Waals surface area contributed by atoms with Crippen molar-refractivity contribution in [1.29, 1.82) is 0 Å². The minimum atomic E-state index is 0.820. The Labute approximate surface area is 137 Å². The number of benzene rings is 2. The monoisotopic (exact) mass is 311 g/mol. The summed E-state index contributed by atoms with van der Waals surface area (Å²) in [5, 5.41) is 4.02. The molecule has 5 nitrogen and oxygen atoms in total. The first-order valence-electron chi connectivity index (χ1n) is 7.68. The lowest BCUT2D eigenvalue weighted by molar-refractivity contribution is 1.25. The highest BCUT2D eigenvalue weighted by Crippen LogP contribution is 2.42. The standard InChI is InChI=1S/C19H13N5/c20-24-18-12-5-2-1-4-11(12)17-13(18)6-3-7-14(17)19-22-15-8-9-21-10-16(15)23-19/h1-10H,20H2,(H,22,23)/b24-18-. The van der Waals surface area contributed by atoms with E-state index in [0.717, 1.165) is 50.4 Å². The zero-order valence-electron chi connectivity index (χ0n) is 12.7. The molecule has 0 saturated carbocycles. The molecule has 5 heteroatoms. The fraction of sp³-hybridized carbons (Fsp3) is 0. The molecule has 1 aliphatic rings. The van der Waals surface area contributed by atoms with E-state index in [1.54, 1.807) is 12.4 Å². The maximum Gasteiger partial charge on any atom is 0.139 e. The molecule has 2 aromatic carbocycles. The second-order valence-corrected chi connectivity index (χ2v) is 5.73. The van der Waals surface area contributed by atoms with Gasteiger partial charge in [-0.2, -0.15) is 5.10 Å². The van der Waals surface area contributed by atoms with E-state index in [0.29, 0.717) is 0 Å². The predicted octanol–water partition coefficient (Wildman–Crippen LogP) is 3.32. The van der Waals surface area contributed by atoms with E-state index in [9.17, 15) is 0 Å². The molecule has 114 valence electrons. The van der Waals surface area contributed by atoms with Gasteiger partial charge in [0.05, 0.1) is 22.9 Å². The van der Waals surface area contributed by atoms with Crippen molar-refractivity contribution >= 4 is 16.7 Å². The van der Waals surface area contributed by atoms with Crippen LogP contribution in [0.2, 0.25) is 0 Å². The van der Waals surface area contributed by atoms with E-state index in [1.165, 1.54) is 0 Å². The Hall–Kier alpha value is -3.47. The average molecular weight is 311 g/mol. The van der Waals surface area contributed by atoms with Crippen LogP contribution in [-0.4, -0.2) is 20.7 Å². The van der Waals surface area contributed by atoms with Gasteiger partial charge in [0.2, 0.25) is 0 Å². The first-order chi connectivity index (χ1) is 11.9. The number of H-pyrrole nitrogens is 1. The molecule has 2 heterocycles. The molecule has 4 aromatic rings. The normalized spacial score (nSPS) is 14.1. The van der Waals surface area contributed by atoms with Gasteiger partial charge in [-0.05, 0) is 11.6 Å². The van der Waals surface area contributed by atoms with Crippen LogP contribution in [-0.2, 0) is 0 Å². The summed E-state index contributed by atoms with van der Waals surface area (Å²) in [4.78, 5) is 12.2. The van der Waals surface area contributed by atoms with Gasteiger partial charge in [-0.1, -0.05) is 42.5 Å². The first-order valence-corrected chi connectivity index (χ1v) is 7.68. The molecule has 0 radical (unpaired) electrons. The number of aromatic nitrogens is 3.